The summed E-state index contributed by atoms with van der Waals surface area (Å²) in [5.74, 6) is -0.138. The number of aliphatic hydroxyl groups excluding tert-OH is 1. The minimum Gasteiger partial charge on any atom is -0.506 e. The fourth-order valence-corrected chi connectivity index (χ4v) is 2.97. The minimum atomic E-state index is -0.542. The number of fused-ring (bicyclic) bond motifs is 1. The summed E-state index contributed by atoms with van der Waals surface area (Å²) in [6.07, 6.45) is -0.542. The number of hydrogen-bond acceptors (Lipinski definition) is 5. The molecule has 0 spiro atoms. The Morgan fingerprint density at radius 3 is 2.64 bits per heavy atom. The van der Waals surface area contributed by atoms with Crippen LogP contribution in [0.5, 0.6) is 5.75 Å². The molecular formula is C19H18ClNO4. The molecule has 5 nitrogen and oxygen atoms in total. The number of rotatable bonds is 5. The van der Waals surface area contributed by atoms with Crippen molar-refractivity contribution in [2.24, 2.45) is 0 Å². The average Bonchev–Trinajstić information content (AvgIpc) is 2.59. The van der Waals surface area contributed by atoms with Gasteiger partial charge in [-0.3, -0.25) is 0 Å². The van der Waals surface area contributed by atoms with Crippen LogP contribution < -0.4 is 10.9 Å². The van der Waals surface area contributed by atoms with Gasteiger partial charge in [0, 0.05) is 24.5 Å². The van der Waals surface area contributed by atoms with Crippen LogP contribution in [0.3, 0.4) is 0 Å². The number of benzene rings is 2. The molecule has 6 heteroatoms. The summed E-state index contributed by atoms with van der Waals surface area (Å²) in [5.41, 5.74) is 1.70. The number of halogens is 1. The number of aromatic hydroxyl groups is 1. The van der Waals surface area contributed by atoms with Crippen LogP contribution in [0.1, 0.15) is 12.5 Å². The zero-order chi connectivity index (χ0) is 18.0. The second kappa shape index (κ2) is 7.27. The van der Waals surface area contributed by atoms with Crippen molar-refractivity contribution in [3.05, 3.63) is 63.5 Å². The van der Waals surface area contributed by atoms with Crippen molar-refractivity contribution in [3.63, 3.8) is 0 Å². The molecule has 0 saturated carbocycles. The smallest absolute Gasteiger partial charge is 0.336 e. The zero-order valence-electron chi connectivity index (χ0n) is 13.6. The maximum atomic E-state index is 12.1. The number of phenolic OH excluding ortho intramolecular Hbond substituents is 1. The van der Waals surface area contributed by atoms with E-state index in [4.69, 9.17) is 16.0 Å². The Morgan fingerprint density at radius 2 is 1.96 bits per heavy atom. The van der Waals surface area contributed by atoms with E-state index < -0.39 is 11.7 Å². The highest BCUT2D eigenvalue weighted by molar-refractivity contribution is 6.33. The van der Waals surface area contributed by atoms with Crippen molar-refractivity contribution >= 4 is 22.6 Å². The van der Waals surface area contributed by atoms with Crippen LogP contribution >= 0.6 is 11.6 Å². The van der Waals surface area contributed by atoms with E-state index in [0.717, 1.165) is 5.56 Å². The summed E-state index contributed by atoms with van der Waals surface area (Å²) >= 11 is 6.19. The summed E-state index contributed by atoms with van der Waals surface area (Å²) < 4.78 is 5.37. The first kappa shape index (κ1) is 17.5. The fraction of sp³-hybridized carbons (Fsp3) is 0.211. The van der Waals surface area contributed by atoms with E-state index in [1.165, 1.54) is 6.07 Å². The predicted octanol–water partition coefficient (Wildman–Crippen LogP) is 3.29. The van der Waals surface area contributed by atoms with Gasteiger partial charge in [-0.1, -0.05) is 41.9 Å². The van der Waals surface area contributed by atoms with Gasteiger partial charge in [-0.15, -0.1) is 0 Å². The van der Waals surface area contributed by atoms with E-state index in [2.05, 4.69) is 5.32 Å². The first-order valence-electron chi connectivity index (χ1n) is 7.89. The van der Waals surface area contributed by atoms with E-state index in [-0.39, 0.29) is 22.9 Å². The monoisotopic (exact) mass is 359 g/mol. The topological polar surface area (TPSA) is 82.7 Å². The number of nitrogens with one attached hydrogen (secondary N) is 1. The van der Waals surface area contributed by atoms with Gasteiger partial charge in [-0.05, 0) is 24.1 Å². The lowest BCUT2D eigenvalue weighted by Crippen LogP contribution is -2.24. The summed E-state index contributed by atoms with van der Waals surface area (Å²) in [6.45, 7) is 2.18. The average molecular weight is 360 g/mol. The lowest BCUT2D eigenvalue weighted by atomic mass is 9.99. The molecule has 3 rings (SSSR count). The Morgan fingerprint density at radius 1 is 1.24 bits per heavy atom. The molecule has 130 valence electrons. The quantitative estimate of drug-likeness (QED) is 0.609. The van der Waals surface area contributed by atoms with Crippen LogP contribution in [0.4, 0.5) is 0 Å². The van der Waals surface area contributed by atoms with Crippen molar-refractivity contribution in [3.8, 4) is 16.9 Å². The highest BCUT2D eigenvalue weighted by Crippen LogP contribution is 2.38. The molecule has 0 saturated heterocycles. The van der Waals surface area contributed by atoms with E-state index in [1.807, 2.05) is 30.3 Å². The third-order valence-corrected chi connectivity index (χ3v) is 4.17. The number of hydrogen-bond donors (Lipinski definition) is 3. The van der Waals surface area contributed by atoms with Gasteiger partial charge >= 0.3 is 5.63 Å². The first-order chi connectivity index (χ1) is 12.0. The first-order valence-corrected chi connectivity index (χ1v) is 8.27. The molecule has 0 aliphatic carbocycles. The number of aliphatic hydroxyl groups is 1. The van der Waals surface area contributed by atoms with Crippen molar-refractivity contribution < 1.29 is 14.6 Å². The lowest BCUT2D eigenvalue weighted by Gasteiger charge is -2.13. The molecule has 1 aromatic heterocycles. The van der Waals surface area contributed by atoms with Crippen LogP contribution in [0.2, 0.25) is 5.02 Å². The van der Waals surface area contributed by atoms with Crippen LogP contribution in [0, 0.1) is 0 Å². The molecule has 1 unspecified atom stereocenters. The Kier molecular flexibility index (Phi) is 5.08. The largest absolute Gasteiger partial charge is 0.506 e. The van der Waals surface area contributed by atoms with Gasteiger partial charge in [0.2, 0.25) is 0 Å². The Labute approximate surface area is 149 Å². The summed E-state index contributed by atoms with van der Waals surface area (Å²) in [4.78, 5) is 12.1. The van der Waals surface area contributed by atoms with Crippen LogP contribution in [-0.4, -0.2) is 22.9 Å². The molecule has 1 atom stereocenters. The summed E-state index contributed by atoms with van der Waals surface area (Å²) in [6, 6.07) is 12.4. The van der Waals surface area contributed by atoms with Gasteiger partial charge in [-0.2, -0.15) is 0 Å². The molecule has 3 aromatic rings. The second-order valence-electron chi connectivity index (χ2n) is 5.89. The van der Waals surface area contributed by atoms with E-state index >= 15 is 0 Å². The molecule has 0 bridgehead atoms. The van der Waals surface area contributed by atoms with E-state index in [0.29, 0.717) is 23.1 Å². The molecule has 0 aliphatic rings. The third kappa shape index (κ3) is 3.69. The van der Waals surface area contributed by atoms with Gasteiger partial charge in [0.15, 0.2) is 0 Å². The normalized spacial score (nSPS) is 12.4. The van der Waals surface area contributed by atoms with Crippen molar-refractivity contribution in [2.75, 3.05) is 6.54 Å². The van der Waals surface area contributed by atoms with Gasteiger partial charge in [0.05, 0.1) is 16.7 Å². The molecule has 3 N–H and O–H groups in total. The fourth-order valence-electron chi connectivity index (χ4n) is 2.74. The van der Waals surface area contributed by atoms with E-state index in [9.17, 15) is 15.0 Å². The lowest BCUT2D eigenvalue weighted by molar-refractivity contribution is 0.191. The van der Waals surface area contributed by atoms with Crippen LogP contribution in [-0.2, 0) is 6.54 Å². The maximum Gasteiger partial charge on any atom is 0.336 e. The molecule has 0 aliphatic heterocycles. The van der Waals surface area contributed by atoms with Crippen molar-refractivity contribution in [1.29, 1.82) is 0 Å². The highest BCUT2D eigenvalue weighted by atomic mass is 35.5. The Bertz CT molecular complexity index is 951. The summed E-state index contributed by atoms with van der Waals surface area (Å²) in [5, 5.41) is 23.5. The second-order valence-corrected chi connectivity index (χ2v) is 6.29. The molecule has 0 fully saturated rings. The van der Waals surface area contributed by atoms with Crippen molar-refractivity contribution in [2.45, 2.75) is 19.6 Å². The predicted molar refractivity (Wildman–Crippen MR) is 98.0 cm³/mol. The zero-order valence-corrected chi connectivity index (χ0v) is 14.4. The van der Waals surface area contributed by atoms with Gasteiger partial charge in [0.25, 0.3) is 0 Å². The van der Waals surface area contributed by atoms with Crippen LogP contribution in [0.25, 0.3) is 22.1 Å². The number of phenols is 1. The molecule has 0 radical (unpaired) electrons. The molecule has 0 amide bonds. The van der Waals surface area contributed by atoms with Gasteiger partial charge in [-0.25, -0.2) is 4.79 Å². The van der Waals surface area contributed by atoms with Gasteiger partial charge < -0.3 is 19.9 Å². The SMILES string of the molecule is CC(O)CNCc1c(O)c(Cl)cc2c(-c3ccccc3)cc(=O)oc12. The molecule has 2 aromatic carbocycles. The van der Waals surface area contributed by atoms with Crippen LogP contribution in [0.15, 0.2) is 51.7 Å². The Hall–Kier alpha value is -2.34. The molecule has 25 heavy (non-hydrogen) atoms. The Balaban J connectivity index is 2.21. The highest BCUT2D eigenvalue weighted by Gasteiger charge is 2.18. The van der Waals surface area contributed by atoms with Crippen molar-refractivity contribution in [1.82, 2.24) is 5.32 Å². The molecule has 1 heterocycles. The summed E-state index contributed by atoms with van der Waals surface area (Å²) in [7, 11) is 0. The molecular weight excluding hydrogens is 342 g/mol. The van der Waals surface area contributed by atoms with E-state index in [1.54, 1.807) is 13.0 Å². The standard InChI is InChI=1S/C19H18ClNO4/c1-11(22)9-21-10-15-18(24)16(20)7-14-13(8-17(23)25-19(14)15)12-5-3-2-4-6-12/h2-8,11,21-22,24H,9-10H2,1H3. The van der Waals surface area contributed by atoms with Gasteiger partial charge in [0.1, 0.15) is 11.3 Å². The maximum absolute atomic E-state index is 12.1. The minimum absolute atomic E-state index is 0.138. The third-order valence-electron chi connectivity index (χ3n) is 3.88.